The summed E-state index contributed by atoms with van der Waals surface area (Å²) >= 11 is 6.38. The van der Waals surface area contributed by atoms with Crippen molar-refractivity contribution in [3.05, 3.63) is 59.6 Å². The molecule has 1 aliphatic heterocycles. The molecule has 2 amide bonds. The maximum atomic E-state index is 13.7. The van der Waals surface area contributed by atoms with Gasteiger partial charge in [0.15, 0.2) is 5.79 Å². The van der Waals surface area contributed by atoms with E-state index in [1.54, 1.807) is 9.80 Å². The molecule has 0 unspecified atom stereocenters. The molecule has 11 nitrogen and oxygen atoms in total. The molecular formula is C36H50ClN5O6. The predicted octanol–water partition coefficient (Wildman–Crippen LogP) is 7.27. The van der Waals surface area contributed by atoms with Gasteiger partial charge in [0.1, 0.15) is 34.4 Å². The highest BCUT2D eigenvalue weighted by atomic mass is 35.5. The Labute approximate surface area is 288 Å². The highest BCUT2D eigenvalue weighted by molar-refractivity contribution is 6.33. The van der Waals surface area contributed by atoms with Crippen LogP contribution in [-0.2, 0) is 25.4 Å². The minimum absolute atomic E-state index is 0.0518. The smallest absolute Gasteiger partial charge is 0.410 e. The third kappa shape index (κ3) is 8.98. The van der Waals surface area contributed by atoms with Crippen LogP contribution in [0.2, 0.25) is 5.15 Å². The number of carbonyl (C=O) groups excluding carboxylic acids is 2. The van der Waals surface area contributed by atoms with E-state index in [9.17, 15) is 9.59 Å². The van der Waals surface area contributed by atoms with Crippen LogP contribution in [0.5, 0.6) is 0 Å². The van der Waals surface area contributed by atoms with Gasteiger partial charge in [-0.25, -0.2) is 19.6 Å². The topological polar surface area (TPSA) is 108 Å². The van der Waals surface area contributed by atoms with Crippen LogP contribution in [0.3, 0.4) is 0 Å². The Morgan fingerprint density at radius 2 is 1.54 bits per heavy atom. The van der Waals surface area contributed by atoms with Crippen molar-refractivity contribution in [3.8, 4) is 0 Å². The number of halogens is 1. The van der Waals surface area contributed by atoms with Crippen molar-refractivity contribution in [1.82, 2.24) is 24.3 Å². The molecule has 3 heterocycles. The fourth-order valence-electron chi connectivity index (χ4n) is 6.56. The summed E-state index contributed by atoms with van der Waals surface area (Å²) in [6, 6.07) is 11.9. The number of nitrogens with zero attached hydrogens (tertiary/aromatic N) is 5. The van der Waals surface area contributed by atoms with E-state index >= 15 is 0 Å². The molecule has 1 aliphatic carbocycles. The molecule has 4 atom stereocenters. The lowest BCUT2D eigenvalue weighted by Gasteiger charge is -2.32. The van der Waals surface area contributed by atoms with Crippen LogP contribution in [0.25, 0.3) is 11.0 Å². The first kappa shape index (κ1) is 35.9. The lowest BCUT2D eigenvalue weighted by Crippen LogP contribution is -2.44. The molecule has 0 N–H and O–H groups in total. The van der Waals surface area contributed by atoms with Gasteiger partial charge >= 0.3 is 12.2 Å². The summed E-state index contributed by atoms with van der Waals surface area (Å²) in [5, 5.41) is 1.17. The van der Waals surface area contributed by atoms with Crippen LogP contribution < -0.4 is 0 Å². The number of amides is 2. The lowest BCUT2D eigenvalue weighted by atomic mass is 10.0. The van der Waals surface area contributed by atoms with Crippen LogP contribution in [0.1, 0.15) is 79.8 Å². The average molecular weight is 684 g/mol. The van der Waals surface area contributed by atoms with Crippen molar-refractivity contribution in [2.24, 2.45) is 5.92 Å². The number of benzene rings is 1. The van der Waals surface area contributed by atoms with Gasteiger partial charge in [-0.3, -0.25) is 0 Å². The fraction of sp³-hybridized carbons (Fsp3) is 0.611. The van der Waals surface area contributed by atoms with Crippen molar-refractivity contribution in [3.63, 3.8) is 0 Å². The molecule has 262 valence electrons. The minimum Gasteiger partial charge on any atom is -0.444 e. The molecule has 1 saturated heterocycles. The number of ether oxygens (including phenoxy) is 4. The van der Waals surface area contributed by atoms with Crippen LogP contribution in [0.4, 0.5) is 9.59 Å². The number of fused-ring (bicyclic) bond motifs is 2. The fourth-order valence-corrected chi connectivity index (χ4v) is 6.76. The Bertz CT molecular complexity index is 1570. The minimum atomic E-state index is -0.786. The first-order valence-electron chi connectivity index (χ1n) is 16.8. The molecule has 2 fully saturated rings. The molecule has 1 saturated carbocycles. The molecule has 2 aromatic heterocycles. The van der Waals surface area contributed by atoms with Crippen LogP contribution in [0, 0.1) is 5.92 Å². The van der Waals surface area contributed by atoms with Gasteiger partial charge in [0.05, 0.1) is 17.5 Å². The van der Waals surface area contributed by atoms with Crippen LogP contribution in [0.15, 0.2) is 48.9 Å². The van der Waals surface area contributed by atoms with Gasteiger partial charge in [-0.1, -0.05) is 41.9 Å². The largest absolute Gasteiger partial charge is 0.444 e. The lowest BCUT2D eigenvalue weighted by molar-refractivity contribution is -0.160. The van der Waals surface area contributed by atoms with E-state index in [-0.39, 0.29) is 30.3 Å². The zero-order chi connectivity index (χ0) is 34.9. The summed E-state index contributed by atoms with van der Waals surface area (Å²) in [5.41, 5.74) is 0.568. The van der Waals surface area contributed by atoms with Crippen molar-refractivity contribution in [2.45, 2.75) is 110 Å². The van der Waals surface area contributed by atoms with Crippen LogP contribution in [-0.4, -0.2) is 91.9 Å². The Morgan fingerprint density at radius 3 is 2.21 bits per heavy atom. The monoisotopic (exact) mass is 683 g/mol. The number of hydrogen-bond acceptors (Lipinski definition) is 8. The number of carbonyl (C=O) groups is 2. The van der Waals surface area contributed by atoms with Gasteiger partial charge in [-0.15, -0.1) is 0 Å². The third-order valence-corrected chi connectivity index (χ3v) is 8.80. The zero-order valence-electron chi connectivity index (χ0n) is 29.4. The number of hydrogen-bond donors (Lipinski definition) is 0. The Balaban J connectivity index is 1.33. The molecule has 0 spiro atoms. The highest BCUT2D eigenvalue weighted by Gasteiger charge is 2.55. The second-order valence-electron chi connectivity index (χ2n) is 15.2. The summed E-state index contributed by atoms with van der Waals surface area (Å²) in [5.74, 6) is -0.838. The number of rotatable bonds is 10. The van der Waals surface area contributed by atoms with E-state index in [0.29, 0.717) is 50.6 Å². The summed E-state index contributed by atoms with van der Waals surface area (Å²) < 4.78 is 26.7. The predicted molar refractivity (Wildman–Crippen MR) is 184 cm³/mol. The summed E-state index contributed by atoms with van der Waals surface area (Å²) in [7, 11) is 0. The van der Waals surface area contributed by atoms with E-state index in [1.807, 2.05) is 98.0 Å². The molecule has 2 aliphatic rings. The second kappa shape index (κ2) is 14.2. The van der Waals surface area contributed by atoms with E-state index in [4.69, 9.17) is 30.5 Å². The van der Waals surface area contributed by atoms with Crippen molar-refractivity contribution in [2.75, 3.05) is 26.2 Å². The number of aromatic nitrogens is 3. The van der Waals surface area contributed by atoms with E-state index in [2.05, 4.69) is 14.5 Å². The van der Waals surface area contributed by atoms with E-state index in [1.165, 1.54) is 6.33 Å². The van der Waals surface area contributed by atoms with E-state index < -0.39 is 23.1 Å². The standard InChI is InChI=1S/C36H50ClN5O6/c1-34(2,3)47-32(43)40(19-15-24-13-10-9-11-14-24)17-12-18-41(33(44)48-35(4,5)6)22-25-21-27(29-28(25)45-36(7,8)46-29)42-20-16-26-30(37)38-23-39-31(26)42/h9-11,13-14,16,20,23,25,27-29H,12,15,17-19,21-22H2,1-8H3/t25-,27-,28-,29+/m1/s1. The maximum Gasteiger partial charge on any atom is 0.410 e. The van der Waals surface area contributed by atoms with Crippen molar-refractivity contribution in [1.29, 1.82) is 0 Å². The van der Waals surface area contributed by atoms with Crippen molar-refractivity contribution < 1.29 is 28.5 Å². The molecule has 5 rings (SSSR count). The van der Waals surface area contributed by atoms with Gasteiger partial charge < -0.3 is 33.3 Å². The first-order valence-corrected chi connectivity index (χ1v) is 17.2. The quantitative estimate of drug-likeness (QED) is 0.205. The normalized spacial score (nSPS) is 22.0. The SMILES string of the molecule is CC(C)(C)OC(=O)N(CCCN(C[C@H]1C[C@@H](n2ccc3c(Cl)ncnc32)[C@@H]2OC(C)(C)O[C@H]12)C(=O)OC(C)(C)C)CCc1ccccc1. The van der Waals surface area contributed by atoms with Crippen molar-refractivity contribution >= 4 is 34.8 Å². The third-order valence-electron chi connectivity index (χ3n) is 8.50. The summed E-state index contributed by atoms with van der Waals surface area (Å²) in [6.07, 6.45) is 4.08. The molecule has 3 aromatic rings. The molecule has 0 bridgehead atoms. The van der Waals surface area contributed by atoms with Gasteiger partial charge in [0.25, 0.3) is 0 Å². The van der Waals surface area contributed by atoms with Gasteiger partial charge in [-0.05, 0) is 86.3 Å². The Hall–Kier alpha value is -3.41. The molecular weight excluding hydrogens is 634 g/mol. The van der Waals surface area contributed by atoms with Crippen LogP contribution >= 0.6 is 11.6 Å². The Kier molecular flexibility index (Phi) is 10.6. The van der Waals surface area contributed by atoms with Gasteiger partial charge in [-0.2, -0.15) is 0 Å². The molecule has 1 aromatic carbocycles. The average Bonchev–Trinajstić information content (AvgIpc) is 3.64. The second-order valence-corrected chi connectivity index (χ2v) is 15.6. The first-order chi connectivity index (χ1) is 22.5. The van der Waals surface area contributed by atoms with Gasteiger partial charge in [0.2, 0.25) is 0 Å². The molecule has 48 heavy (non-hydrogen) atoms. The summed E-state index contributed by atoms with van der Waals surface area (Å²) in [6.45, 7) is 16.7. The molecule has 12 heteroatoms. The highest BCUT2D eigenvalue weighted by Crippen LogP contribution is 2.48. The molecule has 0 radical (unpaired) electrons. The van der Waals surface area contributed by atoms with Gasteiger partial charge in [0, 0.05) is 38.3 Å². The van der Waals surface area contributed by atoms with E-state index in [0.717, 1.165) is 16.6 Å². The zero-order valence-corrected chi connectivity index (χ0v) is 30.2. The Morgan fingerprint density at radius 1 is 0.917 bits per heavy atom. The maximum absolute atomic E-state index is 13.7. The summed E-state index contributed by atoms with van der Waals surface area (Å²) in [4.78, 5) is 39.1.